The fraction of sp³-hybridized carbons (Fsp3) is 1.00. The van der Waals surface area contributed by atoms with Crippen LogP contribution < -0.4 is 5.32 Å². The van der Waals surface area contributed by atoms with Gasteiger partial charge >= 0.3 is 0 Å². The zero-order valence-electron chi connectivity index (χ0n) is 11.7. The Morgan fingerprint density at radius 3 is 2.72 bits per heavy atom. The molecule has 2 nitrogen and oxygen atoms in total. The van der Waals surface area contributed by atoms with Crippen molar-refractivity contribution < 1.29 is 0 Å². The maximum atomic E-state index is 3.99. The van der Waals surface area contributed by atoms with Crippen molar-refractivity contribution in [2.45, 2.75) is 74.7 Å². The number of hydrogen-bond acceptors (Lipinski definition) is 3. The Kier molecular flexibility index (Phi) is 4.53. The summed E-state index contributed by atoms with van der Waals surface area (Å²) in [5.41, 5.74) is 0. The fourth-order valence-electron chi connectivity index (χ4n) is 4.22. The number of hydrogen-bond donors (Lipinski definition) is 1. The van der Waals surface area contributed by atoms with E-state index in [4.69, 9.17) is 0 Å². The summed E-state index contributed by atoms with van der Waals surface area (Å²) in [6.45, 7) is 2.72. The van der Waals surface area contributed by atoms with Crippen molar-refractivity contribution in [2.75, 3.05) is 19.3 Å². The van der Waals surface area contributed by atoms with E-state index in [9.17, 15) is 0 Å². The van der Waals surface area contributed by atoms with E-state index in [-0.39, 0.29) is 0 Å². The first kappa shape index (κ1) is 13.3. The van der Waals surface area contributed by atoms with Gasteiger partial charge in [-0.15, -0.1) is 0 Å². The maximum Gasteiger partial charge on any atom is 0.0111 e. The Bertz CT molecular complexity index is 271. The van der Waals surface area contributed by atoms with Crippen LogP contribution in [0.15, 0.2) is 0 Å². The molecule has 104 valence electrons. The van der Waals surface area contributed by atoms with Gasteiger partial charge in [0.2, 0.25) is 0 Å². The summed E-state index contributed by atoms with van der Waals surface area (Å²) in [6, 6.07) is 2.54. The summed E-state index contributed by atoms with van der Waals surface area (Å²) < 4.78 is 0. The molecule has 3 rings (SSSR count). The quantitative estimate of drug-likeness (QED) is 0.847. The Balaban J connectivity index is 1.47. The zero-order chi connectivity index (χ0) is 12.4. The van der Waals surface area contributed by atoms with Crippen molar-refractivity contribution in [1.29, 1.82) is 0 Å². The minimum Gasteiger partial charge on any atom is -0.311 e. The highest BCUT2D eigenvalue weighted by molar-refractivity contribution is 7.99. The van der Waals surface area contributed by atoms with Crippen LogP contribution in [0.4, 0.5) is 0 Å². The van der Waals surface area contributed by atoms with Gasteiger partial charge in [0.1, 0.15) is 0 Å². The van der Waals surface area contributed by atoms with Crippen LogP contribution in [-0.4, -0.2) is 47.6 Å². The molecule has 3 fully saturated rings. The van der Waals surface area contributed by atoms with Gasteiger partial charge in [-0.05, 0) is 64.3 Å². The summed E-state index contributed by atoms with van der Waals surface area (Å²) >= 11 is 2.08. The molecular formula is C15H28N2S. The number of fused-ring (bicyclic) bond motifs is 1. The molecule has 0 amide bonds. The second kappa shape index (κ2) is 6.15. The summed E-state index contributed by atoms with van der Waals surface area (Å²) in [7, 11) is 0. The first-order valence-corrected chi connectivity index (χ1v) is 9.17. The van der Waals surface area contributed by atoms with Crippen LogP contribution in [0.2, 0.25) is 0 Å². The lowest BCUT2D eigenvalue weighted by atomic mass is 9.91. The van der Waals surface area contributed by atoms with Crippen LogP contribution in [0.5, 0.6) is 0 Å². The highest BCUT2D eigenvalue weighted by Crippen LogP contribution is 2.30. The molecule has 0 spiro atoms. The molecule has 2 aliphatic heterocycles. The lowest BCUT2D eigenvalue weighted by Crippen LogP contribution is -2.49. The Morgan fingerprint density at radius 1 is 0.944 bits per heavy atom. The molecule has 1 N–H and O–H groups in total. The number of thioether (sulfide) groups is 1. The molecule has 4 atom stereocenters. The zero-order valence-corrected chi connectivity index (χ0v) is 12.6. The molecule has 4 unspecified atom stereocenters. The highest BCUT2D eigenvalue weighted by atomic mass is 32.2. The van der Waals surface area contributed by atoms with Gasteiger partial charge in [0.05, 0.1) is 0 Å². The first-order chi connectivity index (χ1) is 8.85. The average Bonchev–Trinajstić information content (AvgIpc) is 2.86. The van der Waals surface area contributed by atoms with Crippen LogP contribution in [0, 0.1) is 0 Å². The van der Waals surface area contributed by atoms with Crippen molar-refractivity contribution >= 4 is 11.8 Å². The third kappa shape index (κ3) is 3.05. The Hall–Kier alpha value is 0.270. The predicted molar refractivity (Wildman–Crippen MR) is 80.3 cm³/mol. The minimum absolute atomic E-state index is 0.814. The molecule has 0 bridgehead atoms. The van der Waals surface area contributed by atoms with Crippen molar-refractivity contribution in [3.05, 3.63) is 0 Å². The predicted octanol–water partition coefficient (Wildman–Crippen LogP) is 2.88. The summed E-state index contributed by atoms with van der Waals surface area (Å²) in [6.07, 6.45) is 13.7. The van der Waals surface area contributed by atoms with Crippen molar-refractivity contribution in [1.82, 2.24) is 10.2 Å². The molecule has 0 aromatic heterocycles. The smallest absolute Gasteiger partial charge is 0.0111 e. The van der Waals surface area contributed by atoms with Gasteiger partial charge in [-0.1, -0.05) is 6.42 Å². The van der Waals surface area contributed by atoms with Gasteiger partial charge in [0.15, 0.2) is 0 Å². The third-order valence-electron chi connectivity index (χ3n) is 5.25. The maximum absolute atomic E-state index is 3.99. The molecule has 0 aromatic carbocycles. The highest BCUT2D eigenvalue weighted by Gasteiger charge is 2.33. The van der Waals surface area contributed by atoms with Gasteiger partial charge < -0.3 is 10.2 Å². The van der Waals surface area contributed by atoms with Crippen molar-refractivity contribution in [2.24, 2.45) is 0 Å². The van der Waals surface area contributed by atoms with E-state index in [0.29, 0.717) is 0 Å². The monoisotopic (exact) mass is 268 g/mol. The third-order valence-corrected chi connectivity index (χ3v) is 6.35. The Morgan fingerprint density at radius 2 is 1.83 bits per heavy atom. The number of piperidine rings is 1. The van der Waals surface area contributed by atoms with E-state index in [1.54, 1.807) is 0 Å². The molecule has 3 aliphatic rings. The summed E-state index contributed by atoms with van der Waals surface area (Å²) in [5.74, 6) is 0. The van der Waals surface area contributed by atoms with Gasteiger partial charge in [-0.3, -0.25) is 0 Å². The lowest BCUT2D eigenvalue weighted by molar-refractivity contribution is 0.156. The lowest BCUT2D eigenvalue weighted by Gasteiger charge is -2.38. The minimum atomic E-state index is 0.814. The molecule has 1 aliphatic carbocycles. The fourth-order valence-corrected chi connectivity index (χ4v) is 5.05. The number of rotatable bonds is 3. The molecular weight excluding hydrogens is 240 g/mol. The van der Waals surface area contributed by atoms with Crippen LogP contribution in [0.1, 0.15) is 51.4 Å². The van der Waals surface area contributed by atoms with E-state index in [1.807, 2.05) is 0 Å². The summed E-state index contributed by atoms with van der Waals surface area (Å²) in [5, 5.41) is 4.91. The molecule has 3 heteroatoms. The van der Waals surface area contributed by atoms with Gasteiger partial charge in [0.25, 0.3) is 0 Å². The van der Waals surface area contributed by atoms with Crippen molar-refractivity contribution in [3.63, 3.8) is 0 Å². The number of nitrogens with one attached hydrogen (secondary N) is 1. The molecule has 18 heavy (non-hydrogen) atoms. The molecule has 0 radical (unpaired) electrons. The SMILES string of the molecule is CSC1CCCC(NC2CCN3CCCC3C2)C1. The normalized spacial score (nSPS) is 41.8. The Labute approximate surface area is 116 Å². The second-order valence-electron chi connectivity index (χ2n) is 6.44. The van der Waals surface area contributed by atoms with Gasteiger partial charge in [-0.2, -0.15) is 11.8 Å². The van der Waals surface area contributed by atoms with E-state index in [1.165, 1.54) is 64.5 Å². The average molecular weight is 268 g/mol. The van der Waals surface area contributed by atoms with Crippen LogP contribution >= 0.6 is 11.8 Å². The molecule has 0 aromatic rings. The molecule has 2 saturated heterocycles. The van der Waals surface area contributed by atoms with E-state index in [0.717, 1.165) is 23.4 Å². The van der Waals surface area contributed by atoms with E-state index < -0.39 is 0 Å². The molecule has 2 heterocycles. The van der Waals surface area contributed by atoms with Crippen molar-refractivity contribution in [3.8, 4) is 0 Å². The number of nitrogens with zero attached hydrogens (tertiary/aromatic N) is 1. The second-order valence-corrected chi connectivity index (χ2v) is 7.58. The van der Waals surface area contributed by atoms with Crippen LogP contribution in [-0.2, 0) is 0 Å². The van der Waals surface area contributed by atoms with Gasteiger partial charge in [0, 0.05) is 23.4 Å². The standard InChI is InChI=1S/C15H28N2S/c1-18-15-6-2-4-12(11-15)16-13-7-9-17-8-3-5-14(17)10-13/h12-16H,2-11H2,1H3. The first-order valence-electron chi connectivity index (χ1n) is 7.88. The van der Waals surface area contributed by atoms with E-state index in [2.05, 4.69) is 28.2 Å². The van der Waals surface area contributed by atoms with Crippen LogP contribution in [0.25, 0.3) is 0 Å². The summed E-state index contributed by atoms with van der Waals surface area (Å²) in [4.78, 5) is 2.73. The van der Waals surface area contributed by atoms with Crippen LogP contribution in [0.3, 0.4) is 0 Å². The van der Waals surface area contributed by atoms with E-state index >= 15 is 0 Å². The topological polar surface area (TPSA) is 15.3 Å². The molecule has 1 saturated carbocycles. The largest absolute Gasteiger partial charge is 0.311 e. The van der Waals surface area contributed by atoms with Gasteiger partial charge in [-0.25, -0.2) is 0 Å².